The molecule has 1 fully saturated rings. The lowest BCUT2D eigenvalue weighted by atomic mass is 10.1. The molecular formula is C15H16ClN3O. The zero-order valence-electron chi connectivity index (χ0n) is 10.8. The lowest BCUT2D eigenvalue weighted by Gasteiger charge is -2.04. The van der Waals surface area contributed by atoms with Crippen LogP contribution >= 0.6 is 12.4 Å². The molecule has 2 unspecified atom stereocenters. The summed E-state index contributed by atoms with van der Waals surface area (Å²) >= 11 is 0. The second-order valence-corrected chi connectivity index (χ2v) is 4.92. The Balaban J connectivity index is 0.00000147. The number of benzene rings is 1. The summed E-state index contributed by atoms with van der Waals surface area (Å²) in [6.45, 7) is 0. The molecule has 4 nitrogen and oxygen atoms in total. The number of amides is 1. The van der Waals surface area contributed by atoms with Crippen molar-refractivity contribution in [1.82, 2.24) is 4.98 Å². The summed E-state index contributed by atoms with van der Waals surface area (Å²) < 4.78 is 0. The van der Waals surface area contributed by atoms with Crippen molar-refractivity contribution in [3.05, 3.63) is 53.7 Å². The molecule has 20 heavy (non-hydrogen) atoms. The minimum absolute atomic E-state index is 0. The monoisotopic (exact) mass is 289 g/mol. The molecule has 2 atom stereocenters. The van der Waals surface area contributed by atoms with Crippen molar-refractivity contribution in [3.63, 3.8) is 0 Å². The third-order valence-corrected chi connectivity index (χ3v) is 3.52. The van der Waals surface area contributed by atoms with E-state index in [9.17, 15) is 4.79 Å². The van der Waals surface area contributed by atoms with Gasteiger partial charge in [0.05, 0.1) is 5.69 Å². The van der Waals surface area contributed by atoms with Crippen LogP contribution in [0.5, 0.6) is 0 Å². The SMILES string of the molecule is Cl.NC(=O)c1ccc(-c2ccc(C3CC3N)cn2)cc1. The van der Waals surface area contributed by atoms with Crippen LogP contribution in [0.2, 0.25) is 0 Å². The zero-order valence-corrected chi connectivity index (χ0v) is 11.6. The molecule has 1 aliphatic rings. The molecule has 0 spiro atoms. The van der Waals surface area contributed by atoms with Crippen LogP contribution in [-0.4, -0.2) is 16.9 Å². The van der Waals surface area contributed by atoms with E-state index in [4.69, 9.17) is 11.5 Å². The van der Waals surface area contributed by atoms with Gasteiger partial charge in [0.25, 0.3) is 0 Å². The number of hydrogen-bond acceptors (Lipinski definition) is 3. The lowest BCUT2D eigenvalue weighted by molar-refractivity contribution is 0.100. The number of halogens is 1. The summed E-state index contributed by atoms with van der Waals surface area (Å²) in [5, 5.41) is 0. The largest absolute Gasteiger partial charge is 0.366 e. The topological polar surface area (TPSA) is 82.0 Å². The molecule has 1 heterocycles. The van der Waals surface area contributed by atoms with Crippen LogP contribution in [0.25, 0.3) is 11.3 Å². The van der Waals surface area contributed by atoms with Gasteiger partial charge in [-0.3, -0.25) is 9.78 Å². The van der Waals surface area contributed by atoms with Crippen molar-refractivity contribution >= 4 is 18.3 Å². The fourth-order valence-electron chi connectivity index (χ4n) is 2.20. The average molecular weight is 290 g/mol. The first-order valence-electron chi connectivity index (χ1n) is 6.27. The molecule has 2 aromatic rings. The van der Waals surface area contributed by atoms with Crippen molar-refractivity contribution < 1.29 is 4.79 Å². The van der Waals surface area contributed by atoms with E-state index in [0.29, 0.717) is 17.5 Å². The molecule has 1 aromatic heterocycles. The van der Waals surface area contributed by atoms with Crippen LogP contribution in [0.3, 0.4) is 0 Å². The van der Waals surface area contributed by atoms with Gasteiger partial charge in [0.15, 0.2) is 0 Å². The van der Waals surface area contributed by atoms with Gasteiger partial charge in [-0.05, 0) is 30.2 Å². The maximum atomic E-state index is 11.0. The second kappa shape index (κ2) is 5.61. The number of aromatic nitrogens is 1. The third-order valence-electron chi connectivity index (χ3n) is 3.52. The fraction of sp³-hybridized carbons (Fsp3) is 0.200. The molecule has 0 radical (unpaired) electrons. The van der Waals surface area contributed by atoms with Crippen LogP contribution in [0.15, 0.2) is 42.6 Å². The normalized spacial score (nSPS) is 20.1. The van der Waals surface area contributed by atoms with Gasteiger partial charge in [0.1, 0.15) is 0 Å². The maximum Gasteiger partial charge on any atom is 0.248 e. The van der Waals surface area contributed by atoms with Gasteiger partial charge < -0.3 is 11.5 Å². The maximum absolute atomic E-state index is 11.0. The molecule has 5 heteroatoms. The summed E-state index contributed by atoms with van der Waals surface area (Å²) in [4.78, 5) is 15.4. The summed E-state index contributed by atoms with van der Waals surface area (Å²) in [5.41, 5.74) is 14.6. The highest BCUT2D eigenvalue weighted by Gasteiger charge is 2.34. The zero-order chi connectivity index (χ0) is 13.4. The molecule has 0 saturated heterocycles. The Labute approximate surface area is 123 Å². The van der Waals surface area contributed by atoms with Crippen molar-refractivity contribution in [2.75, 3.05) is 0 Å². The molecule has 104 valence electrons. The molecule has 0 bridgehead atoms. The Hall–Kier alpha value is -1.91. The number of hydrogen-bond donors (Lipinski definition) is 2. The molecule has 4 N–H and O–H groups in total. The molecular weight excluding hydrogens is 274 g/mol. The van der Waals surface area contributed by atoms with E-state index in [2.05, 4.69) is 11.1 Å². The molecule has 0 aliphatic heterocycles. The van der Waals surface area contributed by atoms with Gasteiger partial charge in [-0.15, -0.1) is 12.4 Å². The van der Waals surface area contributed by atoms with Gasteiger partial charge in [0, 0.05) is 29.3 Å². The Morgan fingerprint density at radius 1 is 1.15 bits per heavy atom. The van der Waals surface area contributed by atoms with Crippen LogP contribution in [0.4, 0.5) is 0 Å². The number of pyridine rings is 1. The number of rotatable bonds is 3. The predicted molar refractivity (Wildman–Crippen MR) is 80.8 cm³/mol. The van der Waals surface area contributed by atoms with Gasteiger partial charge >= 0.3 is 0 Å². The van der Waals surface area contributed by atoms with E-state index in [1.54, 1.807) is 12.1 Å². The quantitative estimate of drug-likeness (QED) is 0.907. The fourth-order valence-corrected chi connectivity index (χ4v) is 2.20. The molecule has 1 aliphatic carbocycles. The van der Waals surface area contributed by atoms with Crippen molar-refractivity contribution in [2.45, 2.75) is 18.4 Å². The number of nitrogens with zero attached hydrogens (tertiary/aromatic N) is 1. The Morgan fingerprint density at radius 3 is 2.25 bits per heavy atom. The van der Waals surface area contributed by atoms with Crippen molar-refractivity contribution in [3.8, 4) is 11.3 Å². The molecule has 1 amide bonds. The number of carbonyl (C=O) groups excluding carboxylic acids is 1. The van der Waals surface area contributed by atoms with Crippen LogP contribution in [0, 0.1) is 0 Å². The Morgan fingerprint density at radius 2 is 1.80 bits per heavy atom. The van der Waals surface area contributed by atoms with E-state index in [1.807, 2.05) is 24.4 Å². The Bertz CT molecular complexity index is 610. The van der Waals surface area contributed by atoms with Gasteiger partial charge in [0.2, 0.25) is 5.91 Å². The summed E-state index contributed by atoms with van der Waals surface area (Å²) in [7, 11) is 0. The predicted octanol–water partition coefficient (Wildman–Crippen LogP) is 2.08. The van der Waals surface area contributed by atoms with Crippen molar-refractivity contribution in [1.29, 1.82) is 0 Å². The third kappa shape index (κ3) is 2.81. The first kappa shape index (κ1) is 14.5. The highest BCUT2D eigenvalue weighted by atomic mass is 35.5. The second-order valence-electron chi connectivity index (χ2n) is 4.92. The number of nitrogens with two attached hydrogens (primary N) is 2. The molecule has 3 rings (SSSR count). The van der Waals surface area contributed by atoms with Gasteiger partial charge in [-0.2, -0.15) is 0 Å². The minimum Gasteiger partial charge on any atom is -0.366 e. The van der Waals surface area contributed by atoms with Gasteiger partial charge in [-0.25, -0.2) is 0 Å². The lowest BCUT2D eigenvalue weighted by Crippen LogP contribution is -2.10. The number of primary amides is 1. The van der Waals surface area contributed by atoms with E-state index in [-0.39, 0.29) is 12.4 Å². The molecule has 1 saturated carbocycles. The smallest absolute Gasteiger partial charge is 0.248 e. The van der Waals surface area contributed by atoms with E-state index < -0.39 is 5.91 Å². The van der Waals surface area contributed by atoms with E-state index >= 15 is 0 Å². The van der Waals surface area contributed by atoms with Crippen molar-refractivity contribution in [2.24, 2.45) is 11.5 Å². The first-order valence-corrected chi connectivity index (χ1v) is 6.27. The summed E-state index contributed by atoms with van der Waals surface area (Å²) in [6, 6.07) is 11.5. The summed E-state index contributed by atoms with van der Waals surface area (Å²) in [6.07, 6.45) is 2.93. The average Bonchev–Trinajstić information content (AvgIpc) is 3.16. The Kier molecular flexibility index (Phi) is 4.06. The highest BCUT2D eigenvalue weighted by Crippen LogP contribution is 2.38. The summed E-state index contributed by atoms with van der Waals surface area (Å²) in [5.74, 6) is 0.0522. The highest BCUT2D eigenvalue weighted by molar-refractivity contribution is 5.93. The number of carbonyl (C=O) groups is 1. The first-order chi connectivity index (χ1) is 9.15. The molecule has 1 aromatic carbocycles. The standard InChI is InChI=1S/C15H15N3O.ClH/c16-13-7-12(13)11-5-6-14(18-8-11)9-1-3-10(4-2-9)15(17)19;/h1-6,8,12-13H,7,16H2,(H2,17,19);1H. The van der Waals surface area contributed by atoms with Crippen LogP contribution in [0.1, 0.15) is 28.3 Å². The van der Waals surface area contributed by atoms with E-state index in [0.717, 1.165) is 17.7 Å². The van der Waals surface area contributed by atoms with Crippen LogP contribution < -0.4 is 11.5 Å². The van der Waals surface area contributed by atoms with Gasteiger partial charge in [-0.1, -0.05) is 18.2 Å². The van der Waals surface area contributed by atoms with E-state index in [1.165, 1.54) is 5.56 Å². The minimum atomic E-state index is -0.419. The van der Waals surface area contributed by atoms with Crippen LogP contribution in [-0.2, 0) is 0 Å².